The van der Waals surface area contributed by atoms with Crippen LogP contribution in [0.25, 0.3) is 0 Å². The minimum Gasteiger partial charge on any atom is -0.358 e. The van der Waals surface area contributed by atoms with Gasteiger partial charge in [0.1, 0.15) is 0 Å². The number of carbonyl (C=O) groups excluding carboxylic acids is 3. The van der Waals surface area contributed by atoms with Crippen molar-refractivity contribution in [2.24, 2.45) is 5.92 Å². The highest BCUT2D eigenvalue weighted by Gasteiger charge is 2.32. The second-order valence-corrected chi connectivity index (χ2v) is 5.64. The zero-order valence-corrected chi connectivity index (χ0v) is 12.7. The van der Waals surface area contributed by atoms with E-state index in [-0.39, 0.29) is 36.1 Å². The first-order valence-corrected chi connectivity index (χ1v) is 7.12. The molecule has 0 radical (unpaired) electrons. The van der Waals surface area contributed by atoms with Crippen LogP contribution in [0.15, 0.2) is 0 Å². The van der Waals surface area contributed by atoms with Crippen LogP contribution >= 0.6 is 0 Å². The van der Waals surface area contributed by atoms with Gasteiger partial charge < -0.3 is 10.6 Å². The van der Waals surface area contributed by atoms with Crippen LogP contribution in [0, 0.1) is 5.92 Å². The number of Topliss-reactive ketones (excluding diaryl/α,β-unsaturated/α-hetero) is 1. The average molecular weight is 283 g/mol. The predicted octanol–water partition coefficient (Wildman–Crippen LogP) is -0.0734. The predicted molar refractivity (Wildman–Crippen MR) is 76.1 cm³/mol. The molecule has 0 aromatic carbocycles. The molecule has 20 heavy (non-hydrogen) atoms. The minimum absolute atomic E-state index is 0.0439. The van der Waals surface area contributed by atoms with Gasteiger partial charge in [-0.25, -0.2) is 0 Å². The summed E-state index contributed by atoms with van der Waals surface area (Å²) >= 11 is 0. The molecule has 6 heteroatoms. The van der Waals surface area contributed by atoms with E-state index in [1.165, 1.54) is 6.92 Å². The summed E-state index contributed by atoms with van der Waals surface area (Å²) in [6, 6.07) is -0.691. The Labute approximate surface area is 120 Å². The molecular weight excluding hydrogens is 258 g/mol. The maximum atomic E-state index is 12.0. The molecule has 2 atom stereocenters. The summed E-state index contributed by atoms with van der Waals surface area (Å²) in [6.07, 6.45) is 1.68. The van der Waals surface area contributed by atoms with Crippen molar-refractivity contribution in [2.45, 2.75) is 45.7 Å². The highest BCUT2D eigenvalue weighted by molar-refractivity contribution is 5.89. The number of likely N-dealkylation sites (N-methyl/N-ethyl adjacent to an activating group) is 1. The van der Waals surface area contributed by atoms with Gasteiger partial charge in [-0.15, -0.1) is 0 Å². The summed E-state index contributed by atoms with van der Waals surface area (Å²) in [5, 5.41) is 5.38. The number of hydrogen-bond acceptors (Lipinski definition) is 4. The summed E-state index contributed by atoms with van der Waals surface area (Å²) in [6.45, 7) is 6.17. The van der Waals surface area contributed by atoms with Crippen LogP contribution in [0.3, 0.4) is 0 Å². The fourth-order valence-electron chi connectivity index (χ4n) is 2.62. The monoisotopic (exact) mass is 283 g/mol. The fourth-order valence-corrected chi connectivity index (χ4v) is 2.62. The van der Waals surface area contributed by atoms with Gasteiger partial charge in [-0.05, 0) is 32.2 Å². The van der Waals surface area contributed by atoms with E-state index >= 15 is 0 Å². The van der Waals surface area contributed by atoms with Gasteiger partial charge in [0.25, 0.3) is 0 Å². The van der Waals surface area contributed by atoms with E-state index in [9.17, 15) is 14.4 Å². The number of likely N-dealkylation sites (tertiary alicyclic amines) is 1. The topological polar surface area (TPSA) is 78.5 Å². The van der Waals surface area contributed by atoms with Gasteiger partial charge in [0, 0.05) is 7.05 Å². The Morgan fingerprint density at radius 2 is 1.95 bits per heavy atom. The lowest BCUT2D eigenvalue weighted by Gasteiger charge is -2.25. The molecule has 1 fully saturated rings. The average Bonchev–Trinajstić information content (AvgIpc) is 2.82. The number of ketones is 1. The van der Waals surface area contributed by atoms with Crippen molar-refractivity contribution in [2.75, 3.05) is 20.1 Å². The summed E-state index contributed by atoms with van der Waals surface area (Å²) in [5.74, 6) is -0.237. The van der Waals surface area contributed by atoms with Crippen molar-refractivity contribution in [3.05, 3.63) is 0 Å². The quantitative estimate of drug-likeness (QED) is 0.715. The van der Waals surface area contributed by atoms with Crippen LogP contribution in [-0.4, -0.2) is 54.7 Å². The Morgan fingerprint density at radius 1 is 1.30 bits per heavy atom. The lowest BCUT2D eigenvalue weighted by atomic mass is 10.0. The highest BCUT2D eigenvalue weighted by Crippen LogP contribution is 2.16. The Kier molecular flexibility index (Phi) is 6.13. The zero-order valence-electron chi connectivity index (χ0n) is 12.7. The molecule has 1 aliphatic heterocycles. The molecule has 1 saturated heterocycles. The number of carbonyl (C=O) groups is 3. The summed E-state index contributed by atoms with van der Waals surface area (Å²) < 4.78 is 0. The van der Waals surface area contributed by atoms with Gasteiger partial charge in [0.2, 0.25) is 11.8 Å². The molecule has 1 aliphatic rings. The van der Waals surface area contributed by atoms with Crippen LogP contribution in [0.2, 0.25) is 0 Å². The molecule has 2 N–H and O–H groups in total. The molecule has 0 bridgehead atoms. The third kappa shape index (κ3) is 4.30. The fraction of sp³-hybridized carbons (Fsp3) is 0.786. The Hall–Kier alpha value is -1.43. The number of amides is 2. The Morgan fingerprint density at radius 3 is 2.45 bits per heavy atom. The lowest BCUT2D eigenvalue weighted by molar-refractivity contribution is -0.130. The molecule has 114 valence electrons. The normalized spacial score (nSPS) is 20.8. The molecule has 0 aromatic rings. The summed E-state index contributed by atoms with van der Waals surface area (Å²) in [5.41, 5.74) is 0. The van der Waals surface area contributed by atoms with Gasteiger partial charge in [-0.2, -0.15) is 0 Å². The van der Waals surface area contributed by atoms with Crippen molar-refractivity contribution in [1.82, 2.24) is 15.5 Å². The summed E-state index contributed by atoms with van der Waals surface area (Å²) in [4.78, 5) is 37.1. The first-order valence-electron chi connectivity index (χ1n) is 7.12. The van der Waals surface area contributed by atoms with Crippen LogP contribution in [0.1, 0.15) is 33.6 Å². The van der Waals surface area contributed by atoms with Crippen LogP contribution in [-0.2, 0) is 14.4 Å². The Balaban J connectivity index is 2.57. The largest absolute Gasteiger partial charge is 0.358 e. The van der Waals surface area contributed by atoms with Crippen LogP contribution in [0.5, 0.6) is 0 Å². The molecule has 2 unspecified atom stereocenters. The molecule has 0 spiro atoms. The van der Waals surface area contributed by atoms with Crippen LogP contribution < -0.4 is 10.6 Å². The van der Waals surface area contributed by atoms with E-state index in [0.717, 1.165) is 19.4 Å². The molecule has 0 saturated carbocycles. The first kappa shape index (κ1) is 16.6. The molecule has 1 rings (SSSR count). The molecule has 0 aromatic heterocycles. The maximum absolute atomic E-state index is 12.0. The van der Waals surface area contributed by atoms with E-state index in [2.05, 4.69) is 10.6 Å². The molecular formula is C14H25N3O3. The van der Waals surface area contributed by atoms with Gasteiger partial charge in [0.05, 0.1) is 18.6 Å². The standard InChI is InChI=1S/C14H25N3O3/c1-9(2)13(10(3)18)16-12(19)8-17-7-5-6-11(17)14(20)15-4/h9,11,13H,5-8H2,1-4H3,(H,15,20)(H,16,19). The number of hydrogen-bond donors (Lipinski definition) is 2. The third-order valence-electron chi connectivity index (χ3n) is 3.68. The Bertz CT molecular complexity index is 382. The SMILES string of the molecule is CNC(=O)C1CCCN1CC(=O)NC(C(C)=O)C(C)C. The van der Waals surface area contributed by atoms with Gasteiger partial charge in [-0.3, -0.25) is 19.3 Å². The zero-order chi connectivity index (χ0) is 15.3. The van der Waals surface area contributed by atoms with Gasteiger partial charge in [0.15, 0.2) is 5.78 Å². The highest BCUT2D eigenvalue weighted by atomic mass is 16.2. The van der Waals surface area contributed by atoms with Crippen molar-refractivity contribution >= 4 is 17.6 Å². The van der Waals surface area contributed by atoms with E-state index in [1.54, 1.807) is 7.05 Å². The number of nitrogens with zero attached hydrogens (tertiary/aromatic N) is 1. The van der Waals surface area contributed by atoms with E-state index in [0.29, 0.717) is 0 Å². The third-order valence-corrected chi connectivity index (χ3v) is 3.68. The van der Waals surface area contributed by atoms with Crippen LogP contribution in [0.4, 0.5) is 0 Å². The first-order chi connectivity index (χ1) is 9.36. The molecule has 6 nitrogen and oxygen atoms in total. The van der Waals surface area contributed by atoms with E-state index in [4.69, 9.17) is 0 Å². The number of rotatable bonds is 6. The molecule has 2 amide bonds. The van der Waals surface area contributed by atoms with Crippen molar-refractivity contribution in [1.29, 1.82) is 0 Å². The molecule has 1 heterocycles. The van der Waals surface area contributed by atoms with E-state index in [1.807, 2.05) is 18.7 Å². The maximum Gasteiger partial charge on any atom is 0.237 e. The number of nitrogens with one attached hydrogen (secondary N) is 2. The lowest BCUT2D eigenvalue weighted by Crippen LogP contribution is -2.50. The van der Waals surface area contributed by atoms with Crippen molar-refractivity contribution in [3.63, 3.8) is 0 Å². The van der Waals surface area contributed by atoms with Gasteiger partial charge >= 0.3 is 0 Å². The molecule has 0 aliphatic carbocycles. The summed E-state index contributed by atoms with van der Waals surface area (Å²) in [7, 11) is 1.60. The van der Waals surface area contributed by atoms with Gasteiger partial charge in [-0.1, -0.05) is 13.8 Å². The minimum atomic E-state index is -0.455. The van der Waals surface area contributed by atoms with Crippen molar-refractivity contribution in [3.8, 4) is 0 Å². The second kappa shape index (κ2) is 7.38. The smallest absolute Gasteiger partial charge is 0.237 e. The van der Waals surface area contributed by atoms with E-state index < -0.39 is 6.04 Å². The second-order valence-electron chi connectivity index (χ2n) is 5.64. The van der Waals surface area contributed by atoms with Crippen molar-refractivity contribution < 1.29 is 14.4 Å².